The molecule has 0 unspecified atom stereocenters. The number of amides is 1. The van der Waals surface area contributed by atoms with Gasteiger partial charge in [-0.05, 0) is 42.0 Å². The summed E-state index contributed by atoms with van der Waals surface area (Å²) in [6, 6.07) is 18.1. The van der Waals surface area contributed by atoms with Gasteiger partial charge in [-0.1, -0.05) is 47.5 Å². The minimum Gasteiger partial charge on any atom is -0.482 e. The molecule has 0 bridgehead atoms. The number of carbonyl (C=O) groups is 1. The molecule has 2 aromatic carbocycles. The molecule has 0 radical (unpaired) electrons. The lowest BCUT2D eigenvalue weighted by atomic mass is 10.2. The van der Waals surface area contributed by atoms with E-state index in [2.05, 4.69) is 0 Å². The van der Waals surface area contributed by atoms with Crippen LogP contribution in [0, 0.1) is 0 Å². The highest BCUT2D eigenvalue weighted by Gasteiger charge is 2.17. The van der Waals surface area contributed by atoms with E-state index in [1.165, 1.54) is 0 Å². The Hall–Kier alpha value is -2.43. The van der Waals surface area contributed by atoms with Crippen molar-refractivity contribution >= 4 is 29.1 Å². The molecule has 0 aliphatic carbocycles. The van der Waals surface area contributed by atoms with E-state index in [9.17, 15) is 4.79 Å². The van der Waals surface area contributed by atoms with Crippen LogP contribution in [0.4, 0.5) is 0 Å². The van der Waals surface area contributed by atoms with E-state index in [0.29, 0.717) is 34.6 Å². The van der Waals surface area contributed by atoms with Gasteiger partial charge in [-0.3, -0.25) is 4.79 Å². The average Bonchev–Trinajstić information content (AvgIpc) is 3.15. The number of rotatable bonds is 7. The van der Waals surface area contributed by atoms with Crippen molar-refractivity contribution in [2.75, 3.05) is 6.61 Å². The monoisotopic (exact) mass is 389 g/mol. The quantitative estimate of drug-likeness (QED) is 0.557. The molecule has 3 aromatic rings. The number of hydrogen-bond donors (Lipinski definition) is 0. The first kappa shape index (κ1) is 18.4. The number of para-hydroxylation sites is 1. The molecule has 0 atom stereocenters. The van der Waals surface area contributed by atoms with Crippen molar-refractivity contribution in [3.05, 3.63) is 88.3 Å². The fourth-order valence-electron chi connectivity index (χ4n) is 2.43. The number of furan rings is 1. The summed E-state index contributed by atoms with van der Waals surface area (Å²) in [7, 11) is 0. The highest BCUT2D eigenvalue weighted by molar-refractivity contribution is 6.32. The van der Waals surface area contributed by atoms with Gasteiger partial charge in [0.2, 0.25) is 0 Å². The second-order valence-electron chi connectivity index (χ2n) is 5.67. The SMILES string of the molecule is O=C(COc1ccccc1Cl)N(Cc1ccc(Cl)cc1)Cc1ccco1. The topological polar surface area (TPSA) is 42.7 Å². The highest BCUT2D eigenvalue weighted by atomic mass is 35.5. The van der Waals surface area contributed by atoms with Crippen molar-refractivity contribution in [3.8, 4) is 5.75 Å². The van der Waals surface area contributed by atoms with Crippen LogP contribution in [-0.2, 0) is 17.9 Å². The number of hydrogen-bond acceptors (Lipinski definition) is 3. The van der Waals surface area contributed by atoms with Crippen LogP contribution < -0.4 is 4.74 Å². The van der Waals surface area contributed by atoms with Gasteiger partial charge < -0.3 is 14.1 Å². The van der Waals surface area contributed by atoms with E-state index in [1.54, 1.807) is 53.6 Å². The Kier molecular flexibility index (Phi) is 6.21. The zero-order chi connectivity index (χ0) is 18.4. The van der Waals surface area contributed by atoms with Crippen LogP contribution in [0.5, 0.6) is 5.75 Å². The number of nitrogens with zero attached hydrogens (tertiary/aromatic N) is 1. The molecule has 0 N–H and O–H groups in total. The molecular weight excluding hydrogens is 373 g/mol. The maximum atomic E-state index is 12.7. The molecule has 4 nitrogen and oxygen atoms in total. The number of halogens is 2. The molecule has 134 valence electrons. The molecular formula is C20H17Cl2NO3. The van der Waals surface area contributed by atoms with Crippen molar-refractivity contribution in [3.63, 3.8) is 0 Å². The van der Waals surface area contributed by atoms with Gasteiger partial charge in [0, 0.05) is 11.6 Å². The molecule has 1 heterocycles. The lowest BCUT2D eigenvalue weighted by Gasteiger charge is -2.22. The molecule has 6 heteroatoms. The third-order valence-electron chi connectivity index (χ3n) is 3.75. The maximum absolute atomic E-state index is 12.7. The molecule has 26 heavy (non-hydrogen) atoms. The first-order chi connectivity index (χ1) is 12.6. The van der Waals surface area contributed by atoms with Gasteiger partial charge in [-0.25, -0.2) is 0 Å². The molecule has 0 aliphatic rings. The molecule has 1 aromatic heterocycles. The van der Waals surface area contributed by atoms with Crippen molar-refractivity contribution in [2.24, 2.45) is 0 Å². The molecule has 0 saturated heterocycles. The zero-order valence-corrected chi connectivity index (χ0v) is 15.4. The third-order valence-corrected chi connectivity index (χ3v) is 4.32. The van der Waals surface area contributed by atoms with Crippen LogP contribution in [0.2, 0.25) is 10.0 Å². The molecule has 0 fully saturated rings. The fourth-order valence-corrected chi connectivity index (χ4v) is 2.74. The summed E-state index contributed by atoms with van der Waals surface area (Å²) in [6.45, 7) is 0.654. The Labute approximate surface area is 161 Å². The minimum atomic E-state index is -0.170. The summed E-state index contributed by atoms with van der Waals surface area (Å²) < 4.78 is 11.0. The first-order valence-corrected chi connectivity index (χ1v) is 8.79. The molecule has 3 rings (SSSR count). The van der Waals surface area contributed by atoms with Crippen molar-refractivity contribution in [1.82, 2.24) is 4.90 Å². The van der Waals surface area contributed by atoms with Gasteiger partial charge in [0.1, 0.15) is 11.5 Å². The zero-order valence-electron chi connectivity index (χ0n) is 13.9. The summed E-state index contributed by atoms with van der Waals surface area (Å²) in [6.07, 6.45) is 1.58. The van der Waals surface area contributed by atoms with Crippen LogP contribution in [-0.4, -0.2) is 17.4 Å². The Morgan fingerprint density at radius 1 is 0.962 bits per heavy atom. The molecule has 1 amide bonds. The lowest BCUT2D eigenvalue weighted by molar-refractivity contribution is -0.134. The standard InChI is InChI=1S/C20H17Cl2NO3/c21-16-9-7-15(8-10-16)12-23(13-17-4-3-11-25-17)20(24)14-26-19-6-2-1-5-18(19)22/h1-11H,12-14H2. The number of carbonyl (C=O) groups excluding carboxylic acids is 1. The van der Waals surface area contributed by atoms with E-state index in [1.807, 2.05) is 18.2 Å². The highest BCUT2D eigenvalue weighted by Crippen LogP contribution is 2.23. The summed E-state index contributed by atoms with van der Waals surface area (Å²) >= 11 is 12.0. The summed E-state index contributed by atoms with van der Waals surface area (Å²) in [5, 5.41) is 1.12. The van der Waals surface area contributed by atoms with E-state index in [4.69, 9.17) is 32.4 Å². The van der Waals surface area contributed by atoms with Crippen LogP contribution in [0.1, 0.15) is 11.3 Å². The Morgan fingerprint density at radius 3 is 2.42 bits per heavy atom. The maximum Gasteiger partial charge on any atom is 0.261 e. The summed E-state index contributed by atoms with van der Waals surface area (Å²) in [5.74, 6) is 1.01. The van der Waals surface area contributed by atoms with Gasteiger partial charge in [0.15, 0.2) is 6.61 Å². The second kappa shape index (κ2) is 8.79. The third kappa shape index (κ3) is 5.04. The Morgan fingerprint density at radius 2 is 1.73 bits per heavy atom. The number of benzene rings is 2. The average molecular weight is 390 g/mol. The lowest BCUT2D eigenvalue weighted by Crippen LogP contribution is -2.34. The smallest absolute Gasteiger partial charge is 0.261 e. The molecule has 0 spiro atoms. The largest absolute Gasteiger partial charge is 0.482 e. The Bertz CT molecular complexity index is 848. The van der Waals surface area contributed by atoms with Gasteiger partial charge in [-0.2, -0.15) is 0 Å². The number of ether oxygens (including phenoxy) is 1. The van der Waals surface area contributed by atoms with Gasteiger partial charge in [0.05, 0.1) is 17.8 Å². The predicted octanol–water partition coefficient (Wildman–Crippen LogP) is 5.19. The van der Waals surface area contributed by atoms with E-state index < -0.39 is 0 Å². The van der Waals surface area contributed by atoms with Crippen molar-refractivity contribution < 1.29 is 13.9 Å². The van der Waals surface area contributed by atoms with Crippen LogP contribution in [0.25, 0.3) is 0 Å². The van der Waals surface area contributed by atoms with Gasteiger partial charge in [0.25, 0.3) is 5.91 Å². The van der Waals surface area contributed by atoms with Crippen LogP contribution in [0.3, 0.4) is 0 Å². The fraction of sp³-hybridized carbons (Fsp3) is 0.150. The van der Waals surface area contributed by atoms with Gasteiger partial charge >= 0.3 is 0 Å². The van der Waals surface area contributed by atoms with E-state index in [-0.39, 0.29) is 12.5 Å². The van der Waals surface area contributed by atoms with Crippen molar-refractivity contribution in [2.45, 2.75) is 13.1 Å². The summed E-state index contributed by atoms with van der Waals surface area (Å²) in [4.78, 5) is 14.4. The summed E-state index contributed by atoms with van der Waals surface area (Å²) in [5.41, 5.74) is 0.965. The molecule has 0 saturated carbocycles. The Balaban J connectivity index is 1.70. The van der Waals surface area contributed by atoms with Crippen molar-refractivity contribution in [1.29, 1.82) is 0 Å². The van der Waals surface area contributed by atoms with Crippen LogP contribution in [0.15, 0.2) is 71.3 Å². The van der Waals surface area contributed by atoms with E-state index in [0.717, 1.165) is 5.56 Å². The van der Waals surface area contributed by atoms with Gasteiger partial charge in [-0.15, -0.1) is 0 Å². The van der Waals surface area contributed by atoms with Crippen LogP contribution >= 0.6 is 23.2 Å². The minimum absolute atomic E-state index is 0.113. The first-order valence-electron chi connectivity index (χ1n) is 8.04. The molecule has 0 aliphatic heterocycles. The second-order valence-corrected chi connectivity index (χ2v) is 6.52. The van der Waals surface area contributed by atoms with E-state index >= 15 is 0 Å². The predicted molar refractivity (Wildman–Crippen MR) is 101 cm³/mol. The normalized spacial score (nSPS) is 10.5.